The molecule has 0 bridgehead atoms. The van der Waals surface area contributed by atoms with Crippen molar-refractivity contribution in [3.63, 3.8) is 0 Å². The lowest BCUT2D eigenvalue weighted by Gasteiger charge is -2.10. The molecule has 3 aromatic carbocycles. The molecule has 0 saturated carbocycles. The minimum absolute atomic E-state index is 0.0863. The van der Waals surface area contributed by atoms with Gasteiger partial charge in [0, 0.05) is 0 Å². The predicted octanol–water partition coefficient (Wildman–Crippen LogP) is 9.71. The van der Waals surface area contributed by atoms with Crippen LogP contribution in [0.2, 0.25) is 0 Å². The van der Waals surface area contributed by atoms with Crippen molar-refractivity contribution in [3.05, 3.63) is 83.4 Å². The van der Waals surface area contributed by atoms with E-state index >= 15 is 0 Å². The maximum absolute atomic E-state index is 14.6. The smallest absolute Gasteiger partial charge is 0.343 e. The summed E-state index contributed by atoms with van der Waals surface area (Å²) in [5.41, 5.74) is 2.62. The van der Waals surface area contributed by atoms with Crippen LogP contribution in [0, 0.1) is 11.6 Å². The van der Waals surface area contributed by atoms with E-state index in [0.717, 1.165) is 43.2 Å². The summed E-state index contributed by atoms with van der Waals surface area (Å²) in [4.78, 5) is 12.6. The third-order valence-electron chi connectivity index (χ3n) is 6.66. The third-order valence-corrected chi connectivity index (χ3v) is 6.66. The topological polar surface area (TPSA) is 35.5 Å². The molecule has 5 heteroatoms. The molecule has 0 amide bonds. The molecule has 0 aliphatic carbocycles. The molecule has 0 fully saturated rings. The summed E-state index contributed by atoms with van der Waals surface area (Å²) in [5, 5.41) is 0. The number of carbonyl (C=O) groups is 1. The van der Waals surface area contributed by atoms with Gasteiger partial charge in [0.2, 0.25) is 0 Å². The van der Waals surface area contributed by atoms with Crippen molar-refractivity contribution in [2.45, 2.75) is 84.5 Å². The standard InChI is InChI=1S/C33H40F2O3/c1-3-5-7-9-11-13-25-14-20-32(29(34)23-25)38-33(36)27-17-15-26(16-18-27)28-19-21-31(30(35)24-28)37-22-12-10-8-6-4-2/h14-21,23-24H,3-13,22H2,1-2H3. The normalized spacial score (nSPS) is 10.9. The van der Waals surface area contributed by atoms with E-state index in [2.05, 4.69) is 13.8 Å². The molecule has 3 aromatic rings. The van der Waals surface area contributed by atoms with Crippen LogP contribution < -0.4 is 9.47 Å². The molecule has 0 aliphatic heterocycles. The van der Waals surface area contributed by atoms with Crippen molar-refractivity contribution < 1.29 is 23.0 Å². The highest BCUT2D eigenvalue weighted by atomic mass is 19.1. The molecule has 0 saturated heterocycles. The van der Waals surface area contributed by atoms with Crippen molar-refractivity contribution in [2.24, 2.45) is 0 Å². The van der Waals surface area contributed by atoms with Crippen molar-refractivity contribution in [1.29, 1.82) is 0 Å². The van der Waals surface area contributed by atoms with Gasteiger partial charge >= 0.3 is 5.97 Å². The van der Waals surface area contributed by atoms with Crippen molar-refractivity contribution >= 4 is 5.97 Å². The molecule has 0 heterocycles. The van der Waals surface area contributed by atoms with Gasteiger partial charge in [-0.05, 0) is 72.4 Å². The van der Waals surface area contributed by atoms with Gasteiger partial charge in [0.05, 0.1) is 12.2 Å². The maximum Gasteiger partial charge on any atom is 0.343 e. The van der Waals surface area contributed by atoms with Gasteiger partial charge in [-0.15, -0.1) is 0 Å². The zero-order valence-electron chi connectivity index (χ0n) is 22.7. The van der Waals surface area contributed by atoms with Crippen LogP contribution >= 0.6 is 0 Å². The lowest BCUT2D eigenvalue weighted by molar-refractivity contribution is 0.0728. The lowest BCUT2D eigenvalue weighted by Crippen LogP contribution is -2.09. The van der Waals surface area contributed by atoms with Gasteiger partial charge in [0.1, 0.15) is 0 Å². The Hall–Kier alpha value is -3.21. The fourth-order valence-corrected chi connectivity index (χ4v) is 4.36. The Kier molecular flexibility index (Phi) is 12.3. The highest BCUT2D eigenvalue weighted by Crippen LogP contribution is 2.27. The lowest BCUT2D eigenvalue weighted by atomic mass is 10.0. The van der Waals surface area contributed by atoms with Crippen molar-refractivity contribution in [3.8, 4) is 22.6 Å². The van der Waals surface area contributed by atoms with E-state index in [-0.39, 0.29) is 17.1 Å². The number of hydrogen-bond donors (Lipinski definition) is 0. The quantitative estimate of drug-likeness (QED) is 0.107. The van der Waals surface area contributed by atoms with Crippen LogP contribution in [-0.4, -0.2) is 12.6 Å². The van der Waals surface area contributed by atoms with Gasteiger partial charge in [0.25, 0.3) is 0 Å². The average Bonchev–Trinajstić information content (AvgIpc) is 2.92. The van der Waals surface area contributed by atoms with Crippen molar-refractivity contribution in [2.75, 3.05) is 6.61 Å². The molecule has 3 rings (SSSR count). The summed E-state index contributed by atoms with van der Waals surface area (Å²) < 4.78 is 40.0. The van der Waals surface area contributed by atoms with Gasteiger partial charge in [-0.2, -0.15) is 0 Å². The largest absolute Gasteiger partial charge is 0.491 e. The van der Waals surface area contributed by atoms with E-state index in [4.69, 9.17) is 9.47 Å². The van der Waals surface area contributed by atoms with E-state index in [1.165, 1.54) is 56.7 Å². The number of benzene rings is 3. The Morgan fingerprint density at radius 2 is 1.26 bits per heavy atom. The van der Waals surface area contributed by atoms with Crippen LogP contribution in [0.25, 0.3) is 11.1 Å². The number of carbonyl (C=O) groups excluding carboxylic acids is 1. The monoisotopic (exact) mass is 522 g/mol. The Bertz CT molecular complexity index is 1140. The van der Waals surface area contributed by atoms with Gasteiger partial charge in [-0.3, -0.25) is 0 Å². The molecule has 38 heavy (non-hydrogen) atoms. The zero-order chi connectivity index (χ0) is 27.2. The molecule has 0 aromatic heterocycles. The van der Waals surface area contributed by atoms with Crippen LogP contribution in [0.5, 0.6) is 11.5 Å². The van der Waals surface area contributed by atoms with Crippen LogP contribution in [-0.2, 0) is 6.42 Å². The van der Waals surface area contributed by atoms with E-state index in [1.54, 1.807) is 36.4 Å². The summed E-state index contributed by atoms with van der Waals surface area (Å²) in [5.74, 6) is -1.44. The third kappa shape index (κ3) is 9.27. The van der Waals surface area contributed by atoms with Gasteiger partial charge in [-0.1, -0.05) is 89.5 Å². The average molecular weight is 523 g/mol. The van der Waals surface area contributed by atoms with E-state index in [0.29, 0.717) is 12.2 Å². The van der Waals surface area contributed by atoms with Crippen LogP contribution in [0.1, 0.15) is 94.0 Å². The second kappa shape index (κ2) is 15.9. The molecular formula is C33H40F2O3. The minimum atomic E-state index is -0.642. The number of unbranched alkanes of at least 4 members (excludes halogenated alkanes) is 8. The van der Waals surface area contributed by atoms with E-state index < -0.39 is 17.6 Å². The fraction of sp³-hybridized carbons (Fsp3) is 0.424. The van der Waals surface area contributed by atoms with E-state index in [9.17, 15) is 13.6 Å². The molecule has 3 nitrogen and oxygen atoms in total. The molecule has 0 spiro atoms. The number of halogens is 2. The molecule has 0 atom stereocenters. The molecular weight excluding hydrogens is 482 g/mol. The second-order valence-electron chi connectivity index (χ2n) is 9.80. The number of ether oxygens (including phenoxy) is 2. The number of hydrogen-bond acceptors (Lipinski definition) is 3. The van der Waals surface area contributed by atoms with Gasteiger partial charge in [-0.25, -0.2) is 13.6 Å². The van der Waals surface area contributed by atoms with Crippen LogP contribution in [0.4, 0.5) is 8.78 Å². The van der Waals surface area contributed by atoms with Gasteiger partial charge in [0.15, 0.2) is 23.1 Å². The number of rotatable bonds is 16. The van der Waals surface area contributed by atoms with Gasteiger partial charge < -0.3 is 9.47 Å². The van der Waals surface area contributed by atoms with Crippen LogP contribution in [0.15, 0.2) is 60.7 Å². The van der Waals surface area contributed by atoms with Crippen molar-refractivity contribution in [1.82, 2.24) is 0 Å². The summed E-state index contributed by atoms with van der Waals surface area (Å²) >= 11 is 0. The summed E-state index contributed by atoms with van der Waals surface area (Å²) in [6.45, 7) is 4.85. The highest BCUT2D eigenvalue weighted by Gasteiger charge is 2.14. The summed E-state index contributed by atoms with van der Waals surface area (Å²) in [6.07, 6.45) is 12.1. The number of esters is 1. The Labute approximate surface area is 226 Å². The first-order valence-electron chi connectivity index (χ1n) is 14.0. The molecule has 0 N–H and O–H groups in total. The summed E-state index contributed by atoms with van der Waals surface area (Å²) in [7, 11) is 0. The Balaban J connectivity index is 1.53. The van der Waals surface area contributed by atoms with Crippen LogP contribution in [0.3, 0.4) is 0 Å². The molecule has 0 unspecified atom stereocenters. The second-order valence-corrected chi connectivity index (χ2v) is 9.80. The SMILES string of the molecule is CCCCCCCOc1ccc(-c2ccc(C(=O)Oc3ccc(CCCCCCC)cc3F)cc2)cc1F. The zero-order valence-corrected chi connectivity index (χ0v) is 22.7. The van der Waals surface area contributed by atoms with E-state index in [1.807, 2.05) is 6.07 Å². The molecule has 204 valence electrons. The maximum atomic E-state index is 14.6. The minimum Gasteiger partial charge on any atom is -0.491 e. The Morgan fingerprint density at radius 1 is 0.658 bits per heavy atom. The fourth-order valence-electron chi connectivity index (χ4n) is 4.36. The predicted molar refractivity (Wildman–Crippen MR) is 150 cm³/mol. The highest BCUT2D eigenvalue weighted by molar-refractivity contribution is 5.91. The first-order chi connectivity index (χ1) is 18.5. The number of aryl methyl sites for hydroxylation is 1. The first-order valence-corrected chi connectivity index (χ1v) is 14.0. The Morgan fingerprint density at radius 3 is 1.92 bits per heavy atom. The summed E-state index contributed by atoms with van der Waals surface area (Å²) in [6, 6.07) is 16.3. The molecule has 0 radical (unpaired) electrons. The first kappa shape index (κ1) is 29.3. The molecule has 0 aliphatic rings.